The number of hydrogen-bond acceptors (Lipinski definition) is 0. The Morgan fingerprint density at radius 2 is 1.05 bits per heavy atom. The van der Waals surface area contributed by atoms with Gasteiger partial charge in [0.1, 0.15) is 0 Å². The lowest BCUT2D eigenvalue weighted by Crippen LogP contribution is -2.38. The first-order chi connectivity index (χ1) is 9.77. The lowest BCUT2D eigenvalue weighted by molar-refractivity contribution is 0.214. The van der Waals surface area contributed by atoms with E-state index in [1.807, 2.05) is 0 Å². The second-order valence-corrected chi connectivity index (χ2v) is 7.13. The molecule has 0 unspecified atom stereocenters. The van der Waals surface area contributed by atoms with Gasteiger partial charge in [0.15, 0.2) is 0 Å². The first-order valence-corrected chi connectivity index (χ1v) is 9.52. The molecule has 0 aliphatic heterocycles. The molecular weight excluding hydrogens is 242 g/mol. The molecule has 119 valence electrons. The fraction of sp³-hybridized carbons (Fsp3) is 1.00. The molecule has 0 saturated heterocycles. The van der Waals surface area contributed by atoms with Crippen LogP contribution in [-0.2, 0) is 0 Å². The normalized spacial score (nSPS) is 17.1. The van der Waals surface area contributed by atoms with Crippen LogP contribution in [0.25, 0.3) is 0 Å². The van der Waals surface area contributed by atoms with E-state index >= 15 is 0 Å². The van der Waals surface area contributed by atoms with Crippen LogP contribution in [0.4, 0.5) is 0 Å². The van der Waals surface area contributed by atoms with Crippen molar-refractivity contribution in [2.75, 3.05) is 0 Å². The quantitative estimate of drug-likeness (QED) is 0.317. The summed E-state index contributed by atoms with van der Waals surface area (Å²) in [6, 6.07) is 0. The van der Waals surface area contributed by atoms with E-state index < -0.39 is 0 Å². The minimum absolute atomic E-state index is 0.0117. The molecule has 0 aromatic carbocycles. The molecule has 0 bridgehead atoms. The van der Waals surface area contributed by atoms with Gasteiger partial charge < -0.3 is 0 Å². The van der Waals surface area contributed by atoms with Crippen molar-refractivity contribution in [2.24, 2.45) is 0 Å². The molecule has 0 atom stereocenters. The topological polar surface area (TPSA) is 23.8 Å². The molecule has 0 aromatic rings. The molecule has 1 aliphatic rings. The summed E-state index contributed by atoms with van der Waals surface area (Å²) in [5.74, 6) is 0. The first kappa shape index (κ1) is 18.0. The zero-order valence-electron chi connectivity index (χ0n) is 14.0. The van der Waals surface area contributed by atoms with Crippen LogP contribution in [0.5, 0.6) is 0 Å². The zero-order valence-corrected chi connectivity index (χ0v) is 14.0. The molecular formula is C19H38N. The lowest BCUT2D eigenvalue weighted by atomic mass is 9.74. The Morgan fingerprint density at radius 1 is 0.650 bits per heavy atom. The van der Waals surface area contributed by atoms with Crippen molar-refractivity contribution in [3.63, 3.8) is 0 Å². The third kappa shape index (κ3) is 9.00. The minimum atomic E-state index is 0.0117. The largest absolute Gasteiger partial charge is 0.251 e. The summed E-state index contributed by atoms with van der Waals surface area (Å²) in [4.78, 5) is 0. The van der Waals surface area contributed by atoms with E-state index in [0.717, 1.165) is 0 Å². The van der Waals surface area contributed by atoms with Gasteiger partial charge in [-0.3, -0.25) is 5.73 Å². The summed E-state index contributed by atoms with van der Waals surface area (Å²) in [5, 5.41) is 0. The Bertz CT molecular complexity index is 208. The van der Waals surface area contributed by atoms with Gasteiger partial charge in [-0.25, -0.2) is 0 Å². The summed E-state index contributed by atoms with van der Waals surface area (Å²) in [7, 11) is 0. The summed E-state index contributed by atoms with van der Waals surface area (Å²) in [6.07, 6.45) is 23.3. The Balaban J connectivity index is 1.68. The Morgan fingerprint density at radius 3 is 1.40 bits per heavy atom. The SMILES string of the molecule is CCCCCCCCCCCCCCCC1([NH])CCC1. The molecule has 1 radical (unpaired) electrons. The van der Waals surface area contributed by atoms with Crippen molar-refractivity contribution < 1.29 is 0 Å². The van der Waals surface area contributed by atoms with Gasteiger partial charge in [0, 0.05) is 5.54 Å². The van der Waals surface area contributed by atoms with Gasteiger partial charge in [-0.2, -0.15) is 0 Å². The minimum Gasteiger partial charge on any atom is -0.251 e. The summed E-state index contributed by atoms with van der Waals surface area (Å²) >= 11 is 0. The van der Waals surface area contributed by atoms with E-state index in [-0.39, 0.29) is 5.54 Å². The van der Waals surface area contributed by atoms with Crippen LogP contribution >= 0.6 is 0 Å². The summed E-state index contributed by atoms with van der Waals surface area (Å²) in [5.41, 5.74) is 8.13. The van der Waals surface area contributed by atoms with E-state index in [4.69, 9.17) is 5.73 Å². The highest BCUT2D eigenvalue weighted by Gasteiger charge is 2.32. The van der Waals surface area contributed by atoms with E-state index in [1.165, 1.54) is 109 Å². The van der Waals surface area contributed by atoms with E-state index in [9.17, 15) is 0 Å². The van der Waals surface area contributed by atoms with Crippen molar-refractivity contribution in [3.05, 3.63) is 0 Å². The van der Waals surface area contributed by atoms with Crippen LogP contribution < -0.4 is 5.73 Å². The Hall–Kier alpha value is -0.0400. The van der Waals surface area contributed by atoms with Crippen molar-refractivity contribution in [1.82, 2.24) is 5.73 Å². The van der Waals surface area contributed by atoms with Gasteiger partial charge in [0.2, 0.25) is 0 Å². The van der Waals surface area contributed by atoms with Crippen LogP contribution in [0.2, 0.25) is 0 Å². The maximum atomic E-state index is 8.11. The molecule has 0 amide bonds. The number of nitrogens with one attached hydrogen (secondary N) is 1. The van der Waals surface area contributed by atoms with Crippen molar-refractivity contribution in [2.45, 2.75) is 122 Å². The number of unbranched alkanes of at least 4 members (excludes halogenated alkanes) is 12. The number of rotatable bonds is 14. The average Bonchev–Trinajstić information content (AvgIpc) is 2.42. The highest BCUT2D eigenvalue weighted by molar-refractivity contribution is 4.91. The summed E-state index contributed by atoms with van der Waals surface area (Å²) < 4.78 is 0. The van der Waals surface area contributed by atoms with E-state index in [1.54, 1.807) is 0 Å². The van der Waals surface area contributed by atoms with Crippen LogP contribution in [0.15, 0.2) is 0 Å². The fourth-order valence-electron chi connectivity index (χ4n) is 3.33. The van der Waals surface area contributed by atoms with Gasteiger partial charge >= 0.3 is 0 Å². The standard InChI is InChI=1S/C19H38N/c1-2-3-4-5-6-7-8-9-10-11-12-13-14-16-19(20)17-15-18-19/h20H,2-18H2,1H3. The van der Waals surface area contributed by atoms with Crippen molar-refractivity contribution in [1.29, 1.82) is 0 Å². The van der Waals surface area contributed by atoms with Crippen molar-refractivity contribution in [3.8, 4) is 0 Å². The predicted molar refractivity (Wildman–Crippen MR) is 90.0 cm³/mol. The molecule has 0 spiro atoms. The van der Waals surface area contributed by atoms with Gasteiger partial charge in [-0.05, 0) is 25.7 Å². The van der Waals surface area contributed by atoms with Crippen LogP contribution in [0.1, 0.15) is 116 Å². The van der Waals surface area contributed by atoms with Crippen LogP contribution in [-0.4, -0.2) is 5.54 Å². The second-order valence-electron chi connectivity index (χ2n) is 7.13. The highest BCUT2D eigenvalue weighted by atomic mass is 14.8. The molecule has 1 aliphatic carbocycles. The summed E-state index contributed by atoms with van der Waals surface area (Å²) in [6.45, 7) is 2.29. The average molecular weight is 281 g/mol. The molecule has 1 nitrogen and oxygen atoms in total. The molecule has 1 rings (SSSR count). The van der Waals surface area contributed by atoms with E-state index in [2.05, 4.69) is 6.92 Å². The molecule has 20 heavy (non-hydrogen) atoms. The third-order valence-electron chi connectivity index (χ3n) is 5.07. The highest BCUT2D eigenvalue weighted by Crippen LogP contribution is 2.35. The van der Waals surface area contributed by atoms with Gasteiger partial charge in [-0.15, -0.1) is 0 Å². The zero-order chi connectivity index (χ0) is 14.5. The predicted octanol–water partition coefficient (Wildman–Crippen LogP) is 6.67. The Labute approximate surface area is 128 Å². The maximum absolute atomic E-state index is 8.11. The fourth-order valence-corrected chi connectivity index (χ4v) is 3.33. The number of hydrogen-bond donors (Lipinski definition) is 0. The monoisotopic (exact) mass is 280 g/mol. The third-order valence-corrected chi connectivity index (χ3v) is 5.07. The first-order valence-electron chi connectivity index (χ1n) is 9.52. The van der Waals surface area contributed by atoms with Crippen LogP contribution in [0, 0.1) is 0 Å². The molecule has 1 fully saturated rings. The van der Waals surface area contributed by atoms with Crippen molar-refractivity contribution >= 4 is 0 Å². The molecule has 1 heteroatoms. The molecule has 0 aromatic heterocycles. The molecule has 0 heterocycles. The smallest absolute Gasteiger partial charge is 0.0324 e. The van der Waals surface area contributed by atoms with Gasteiger partial charge in [-0.1, -0.05) is 90.4 Å². The second kappa shape index (κ2) is 11.6. The molecule has 1 saturated carbocycles. The van der Waals surface area contributed by atoms with Gasteiger partial charge in [0.05, 0.1) is 0 Å². The van der Waals surface area contributed by atoms with E-state index in [0.29, 0.717) is 0 Å². The van der Waals surface area contributed by atoms with Crippen LogP contribution in [0.3, 0.4) is 0 Å². The maximum Gasteiger partial charge on any atom is 0.0324 e. The van der Waals surface area contributed by atoms with Gasteiger partial charge in [0.25, 0.3) is 0 Å². The lowest BCUT2D eigenvalue weighted by Gasteiger charge is -2.37. The Kier molecular flexibility index (Phi) is 10.4. The molecule has 1 N–H and O–H groups in total.